The van der Waals surface area contributed by atoms with Gasteiger partial charge in [0, 0.05) is 30.4 Å². The van der Waals surface area contributed by atoms with E-state index in [-0.39, 0.29) is 11.6 Å². The van der Waals surface area contributed by atoms with Crippen LogP contribution in [0.1, 0.15) is 5.69 Å². The Morgan fingerprint density at radius 1 is 1.47 bits per heavy atom. The number of urea groups is 1. The number of aromatic amines is 1. The van der Waals surface area contributed by atoms with E-state index >= 15 is 0 Å². The number of carbonyl (C=O) groups excluding carboxylic acids is 1. The quantitative estimate of drug-likeness (QED) is 0.522. The number of aromatic nitrogens is 2. The highest BCUT2D eigenvalue weighted by atomic mass is 32.2. The minimum atomic E-state index is -0.192. The molecule has 0 fully saturated rings. The number of hydrogen-bond acceptors (Lipinski definition) is 5. The molecule has 3 N–H and O–H groups in total. The molecule has 0 aliphatic carbocycles. The third-order valence-electron chi connectivity index (χ3n) is 1.71. The molecule has 0 saturated heterocycles. The fraction of sp³-hybridized carbons (Fsp3) is 0.444. The van der Waals surface area contributed by atoms with E-state index in [1.807, 2.05) is 0 Å². The summed E-state index contributed by atoms with van der Waals surface area (Å²) in [5.74, 6) is 2.47. The molecule has 0 aliphatic heterocycles. The second kappa shape index (κ2) is 8.02. The minimum Gasteiger partial charge on any atom is -0.341 e. The molecule has 0 aliphatic rings. The average Bonchev–Trinajstić information content (AvgIpc) is 2.35. The van der Waals surface area contributed by atoms with Gasteiger partial charge in [-0.05, 0) is 18.0 Å². The molecule has 0 unspecified atom stereocenters. The molecule has 0 spiro atoms. The number of H-pyrrole nitrogens is 1. The first-order chi connectivity index (χ1) is 8.22. The zero-order chi connectivity index (χ0) is 12.5. The van der Waals surface area contributed by atoms with Crippen LogP contribution in [0.5, 0.6) is 0 Å². The maximum Gasteiger partial charge on any atom is 0.324 e. The van der Waals surface area contributed by atoms with Crippen molar-refractivity contribution >= 4 is 29.7 Å². The number of hydrogen-bond donors (Lipinski definition) is 3. The number of nitrogens with one attached hydrogen (secondary N) is 3. The van der Waals surface area contributed by atoms with Crippen molar-refractivity contribution in [1.29, 1.82) is 0 Å². The molecule has 0 aromatic carbocycles. The van der Waals surface area contributed by atoms with Crippen LogP contribution in [-0.4, -0.2) is 34.8 Å². The van der Waals surface area contributed by atoms with Crippen molar-refractivity contribution < 1.29 is 4.79 Å². The molecule has 1 heterocycles. The van der Waals surface area contributed by atoms with Crippen LogP contribution in [0.4, 0.5) is 4.79 Å². The van der Waals surface area contributed by atoms with Gasteiger partial charge in [0.25, 0.3) is 5.56 Å². The Morgan fingerprint density at radius 2 is 2.29 bits per heavy atom. The monoisotopic (exact) mass is 274 g/mol. The Morgan fingerprint density at radius 3 is 2.94 bits per heavy atom. The molecule has 2 amide bonds. The molecule has 0 bridgehead atoms. The Hall–Kier alpha value is -1.15. The van der Waals surface area contributed by atoms with E-state index in [0.717, 1.165) is 23.0 Å². The van der Waals surface area contributed by atoms with E-state index in [2.05, 4.69) is 20.2 Å². The topological polar surface area (TPSA) is 86.9 Å². The van der Waals surface area contributed by atoms with Gasteiger partial charge in [-0.2, -0.15) is 16.9 Å². The third kappa shape index (κ3) is 6.22. The Labute approximate surface area is 107 Å². The van der Waals surface area contributed by atoms with Crippen molar-refractivity contribution in [2.75, 3.05) is 18.6 Å². The van der Waals surface area contributed by atoms with Gasteiger partial charge in [-0.3, -0.25) is 9.52 Å². The summed E-state index contributed by atoms with van der Waals surface area (Å²) in [6.45, 7) is 0. The Balaban J connectivity index is 2.06. The molecule has 1 aromatic rings. The number of nitrogens with zero attached hydrogens (tertiary/aromatic N) is 1. The molecule has 1 aromatic heterocycles. The largest absolute Gasteiger partial charge is 0.341 e. The minimum absolute atomic E-state index is 0.191. The van der Waals surface area contributed by atoms with E-state index in [0.29, 0.717) is 0 Å². The van der Waals surface area contributed by atoms with Crippen LogP contribution in [0.25, 0.3) is 0 Å². The lowest BCUT2D eigenvalue weighted by Crippen LogP contribution is -2.27. The summed E-state index contributed by atoms with van der Waals surface area (Å²) >= 11 is 3.06. The van der Waals surface area contributed by atoms with Crippen molar-refractivity contribution in [1.82, 2.24) is 20.2 Å². The van der Waals surface area contributed by atoms with E-state index in [4.69, 9.17) is 0 Å². The molecule has 94 valence electrons. The molecule has 1 rings (SSSR count). The molecule has 0 saturated carbocycles. The Kier molecular flexibility index (Phi) is 6.56. The van der Waals surface area contributed by atoms with Crippen molar-refractivity contribution in [3.63, 3.8) is 0 Å². The number of amides is 2. The highest BCUT2D eigenvalue weighted by Gasteiger charge is 1.97. The summed E-state index contributed by atoms with van der Waals surface area (Å²) in [4.78, 5) is 21.6. The van der Waals surface area contributed by atoms with Crippen LogP contribution in [0, 0.1) is 0 Å². The van der Waals surface area contributed by atoms with Crippen molar-refractivity contribution in [2.45, 2.75) is 5.75 Å². The predicted molar refractivity (Wildman–Crippen MR) is 71.1 cm³/mol. The van der Waals surface area contributed by atoms with Crippen LogP contribution < -0.4 is 15.6 Å². The fourth-order valence-corrected chi connectivity index (χ4v) is 2.55. The molecule has 17 heavy (non-hydrogen) atoms. The van der Waals surface area contributed by atoms with Crippen LogP contribution in [0.2, 0.25) is 0 Å². The molecular weight excluding hydrogens is 260 g/mol. The van der Waals surface area contributed by atoms with Gasteiger partial charge in [-0.1, -0.05) is 0 Å². The average molecular weight is 274 g/mol. The number of carbonyl (C=O) groups is 1. The SMILES string of the molecule is CNC(=O)NSCCSCc1ccc(=O)[nH]n1. The summed E-state index contributed by atoms with van der Waals surface area (Å²) in [5, 5.41) is 8.74. The summed E-state index contributed by atoms with van der Waals surface area (Å²) in [6.07, 6.45) is 0. The second-order valence-electron chi connectivity index (χ2n) is 2.99. The first-order valence-corrected chi connectivity index (χ1v) is 7.08. The van der Waals surface area contributed by atoms with E-state index in [9.17, 15) is 9.59 Å². The molecule has 0 radical (unpaired) electrons. The van der Waals surface area contributed by atoms with Gasteiger partial charge in [0.1, 0.15) is 0 Å². The van der Waals surface area contributed by atoms with E-state index in [1.54, 1.807) is 24.9 Å². The molecule has 6 nitrogen and oxygen atoms in total. The van der Waals surface area contributed by atoms with E-state index in [1.165, 1.54) is 18.0 Å². The van der Waals surface area contributed by atoms with Crippen LogP contribution >= 0.6 is 23.7 Å². The molecule has 0 atom stereocenters. The summed E-state index contributed by atoms with van der Waals surface area (Å²) in [6, 6.07) is 2.98. The Bertz CT molecular complexity index is 390. The van der Waals surface area contributed by atoms with Crippen LogP contribution in [-0.2, 0) is 5.75 Å². The predicted octanol–water partition coefficient (Wildman–Crippen LogP) is 0.580. The standard InChI is InChI=1S/C9H14N4O2S2/c1-10-9(15)13-17-5-4-16-6-7-2-3-8(14)12-11-7/h2-3H,4-6H2,1H3,(H,12,14)(H2,10,13,15). The smallest absolute Gasteiger partial charge is 0.324 e. The maximum atomic E-state index is 10.8. The van der Waals surface area contributed by atoms with Gasteiger partial charge >= 0.3 is 6.03 Å². The zero-order valence-electron chi connectivity index (χ0n) is 9.36. The molecular formula is C9H14N4O2S2. The third-order valence-corrected chi connectivity index (χ3v) is 3.70. The van der Waals surface area contributed by atoms with Gasteiger partial charge in [0.15, 0.2) is 0 Å². The van der Waals surface area contributed by atoms with Gasteiger partial charge < -0.3 is 5.32 Å². The van der Waals surface area contributed by atoms with Gasteiger partial charge in [0.05, 0.1) is 5.69 Å². The lowest BCUT2D eigenvalue weighted by atomic mass is 10.4. The lowest BCUT2D eigenvalue weighted by Gasteiger charge is -2.03. The number of thioether (sulfide) groups is 1. The highest BCUT2D eigenvalue weighted by molar-refractivity contribution is 8.01. The lowest BCUT2D eigenvalue weighted by molar-refractivity contribution is 0.248. The van der Waals surface area contributed by atoms with Crippen molar-refractivity contribution in [3.8, 4) is 0 Å². The normalized spacial score (nSPS) is 9.94. The fourth-order valence-electron chi connectivity index (χ4n) is 0.899. The second-order valence-corrected chi connectivity index (χ2v) is 5.00. The van der Waals surface area contributed by atoms with Crippen LogP contribution in [0.15, 0.2) is 16.9 Å². The zero-order valence-corrected chi connectivity index (χ0v) is 11.0. The summed E-state index contributed by atoms with van der Waals surface area (Å²) in [5.41, 5.74) is 0.656. The highest BCUT2D eigenvalue weighted by Crippen LogP contribution is 2.09. The van der Waals surface area contributed by atoms with Gasteiger partial charge in [-0.15, -0.1) is 0 Å². The van der Waals surface area contributed by atoms with Crippen molar-refractivity contribution in [3.05, 3.63) is 28.2 Å². The summed E-state index contributed by atoms with van der Waals surface area (Å²) in [7, 11) is 1.58. The summed E-state index contributed by atoms with van der Waals surface area (Å²) < 4.78 is 2.63. The van der Waals surface area contributed by atoms with Crippen molar-refractivity contribution in [2.24, 2.45) is 0 Å². The maximum absolute atomic E-state index is 10.8. The number of rotatable bonds is 6. The molecule has 8 heteroatoms. The van der Waals surface area contributed by atoms with Gasteiger partial charge in [0.2, 0.25) is 0 Å². The van der Waals surface area contributed by atoms with Gasteiger partial charge in [-0.25, -0.2) is 9.89 Å². The van der Waals surface area contributed by atoms with Crippen LogP contribution in [0.3, 0.4) is 0 Å². The first kappa shape index (κ1) is 13.9. The van der Waals surface area contributed by atoms with E-state index < -0.39 is 0 Å². The first-order valence-electron chi connectivity index (χ1n) is 4.94.